The number of carbonyl (C=O) groups is 1. The third kappa shape index (κ3) is 5.45. The molecule has 3 aromatic carbocycles. The Bertz CT molecular complexity index is 1370. The summed E-state index contributed by atoms with van der Waals surface area (Å²) in [7, 11) is 0. The van der Waals surface area contributed by atoms with Crippen LogP contribution in [0.3, 0.4) is 0 Å². The van der Waals surface area contributed by atoms with Gasteiger partial charge in [0.25, 0.3) is 5.91 Å². The number of halogens is 2. The molecule has 1 aromatic heterocycles. The van der Waals surface area contributed by atoms with E-state index >= 15 is 0 Å². The van der Waals surface area contributed by atoms with Crippen LogP contribution in [-0.4, -0.2) is 39.8 Å². The maximum absolute atomic E-state index is 13.7. The van der Waals surface area contributed by atoms with Crippen LogP contribution in [0.15, 0.2) is 83.5 Å². The summed E-state index contributed by atoms with van der Waals surface area (Å²) >= 11 is 3.47. The predicted molar refractivity (Wildman–Crippen MR) is 143 cm³/mol. The van der Waals surface area contributed by atoms with Crippen molar-refractivity contribution in [2.75, 3.05) is 13.2 Å². The van der Waals surface area contributed by atoms with E-state index in [2.05, 4.69) is 15.9 Å². The number of carbonyl (C=O) groups excluding carboxylic acids is 1. The summed E-state index contributed by atoms with van der Waals surface area (Å²) in [5.74, 6) is 0.426. The highest BCUT2D eigenvalue weighted by atomic mass is 79.9. The smallest absolute Gasteiger partial charge is 0.253 e. The molecular formula is C29H27BrFN3O3. The molecule has 0 saturated carbocycles. The zero-order valence-corrected chi connectivity index (χ0v) is 22.2. The second-order valence-corrected chi connectivity index (χ2v) is 9.77. The van der Waals surface area contributed by atoms with E-state index in [0.717, 1.165) is 32.6 Å². The number of rotatable bonds is 8. The van der Waals surface area contributed by atoms with E-state index in [1.807, 2.05) is 61.7 Å². The van der Waals surface area contributed by atoms with Crippen molar-refractivity contribution in [1.82, 2.24) is 14.7 Å². The van der Waals surface area contributed by atoms with Crippen molar-refractivity contribution in [2.45, 2.75) is 32.6 Å². The van der Waals surface area contributed by atoms with Crippen LogP contribution in [0.25, 0.3) is 16.9 Å². The first-order valence-electron chi connectivity index (χ1n) is 12.2. The third-order valence-corrected chi connectivity index (χ3v) is 6.87. The fourth-order valence-corrected chi connectivity index (χ4v) is 4.70. The van der Waals surface area contributed by atoms with Gasteiger partial charge in [-0.2, -0.15) is 5.10 Å². The van der Waals surface area contributed by atoms with Crippen LogP contribution in [-0.2, 0) is 16.0 Å². The van der Waals surface area contributed by atoms with E-state index in [1.54, 1.807) is 28.6 Å². The molecule has 2 heterocycles. The summed E-state index contributed by atoms with van der Waals surface area (Å²) in [6, 6.07) is 21.9. The van der Waals surface area contributed by atoms with Gasteiger partial charge in [0.15, 0.2) is 6.23 Å². The van der Waals surface area contributed by atoms with Gasteiger partial charge in [-0.25, -0.2) is 9.07 Å². The molecule has 0 aliphatic carbocycles. The van der Waals surface area contributed by atoms with Crippen molar-refractivity contribution >= 4 is 21.8 Å². The fourth-order valence-electron chi connectivity index (χ4n) is 4.44. The number of amides is 1. The van der Waals surface area contributed by atoms with Crippen molar-refractivity contribution in [1.29, 1.82) is 0 Å². The summed E-state index contributed by atoms with van der Waals surface area (Å²) in [4.78, 5) is 14.9. The Morgan fingerprint density at radius 2 is 1.73 bits per heavy atom. The molecule has 6 nitrogen and oxygen atoms in total. The Kier molecular flexibility index (Phi) is 7.39. The van der Waals surface area contributed by atoms with E-state index < -0.39 is 12.3 Å². The predicted octanol–water partition coefficient (Wildman–Crippen LogP) is 6.33. The van der Waals surface area contributed by atoms with Crippen molar-refractivity contribution in [3.05, 3.63) is 100 Å². The highest BCUT2D eigenvalue weighted by Gasteiger charge is 2.40. The number of hydrogen-bond acceptors (Lipinski definition) is 4. The molecule has 0 unspecified atom stereocenters. The SMILES string of the molecule is CCOc1ccc(CCN2C(=O)[C@H](C)O[C@@H]2c2cn(-c3ccc(Br)cc3)nc2-c2ccc(F)cc2)cc1. The molecule has 37 heavy (non-hydrogen) atoms. The highest BCUT2D eigenvalue weighted by Crippen LogP contribution is 2.37. The zero-order chi connectivity index (χ0) is 25.9. The van der Waals surface area contributed by atoms with Crippen LogP contribution in [0, 0.1) is 5.82 Å². The van der Waals surface area contributed by atoms with Gasteiger partial charge in [0.1, 0.15) is 23.4 Å². The second-order valence-electron chi connectivity index (χ2n) is 8.85. The van der Waals surface area contributed by atoms with E-state index in [0.29, 0.717) is 25.3 Å². The lowest BCUT2D eigenvalue weighted by Crippen LogP contribution is -2.32. The van der Waals surface area contributed by atoms with E-state index in [-0.39, 0.29) is 11.7 Å². The maximum Gasteiger partial charge on any atom is 0.253 e. The van der Waals surface area contributed by atoms with Crippen LogP contribution in [0.2, 0.25) is 0 Å². The third-order valence-electron chi connectivity index (χ3n) is 6.34. The molecule has 5 rings (SSSR count). The molecule has 1 amide bonds. The van der Waals surface area contributed by atoms with Crippen molar-refractivity contribution in [3.63, 3.8) is 0 Å². The number of benzene rings is 3. The van der Waals surface area contributed by atoms with Crippen molar-refractivity contribution in [2.24, 2.45) is 0 Å². The highest BCUT2D eigenvalue weighted by molar-refractivity contribution is 9.10. The van der Waals surface area contributed by atoms with Gasteiger partial charge in [0.2, 0.25) is 0 Å². The lowest BCUT2D eigenvalue weighted by Gasteiger charge is -2.23. The Morgan fingerprint density at radius 3 is 2.41 bits per heavy atom. The lowest BCUT2D eigenvalue weighted by molar-refractivity contribution is -0.130. The maximum atomic E-state index is 13.7. The Morgan fingerprint density at radius 1 is 1.03 bits per heavy atom. The second kappa shape index (κ2) is 10.9. The molecule has 1 saturated heterocycles. The zero-order valence-electron chi connectivity index (χ0n) is 20.6. The summed E-state index contributed by atoms with van der Waals surface area (Å²) in [6.45, 7) is 4.81. The van der Waals surface area contributed by atoms with E-state index in [1.165, 1.54) is 12.1 Å². The van der Waals surface area contributed by atoms with Crippen LogP contribution in [0.1, 0.15) is 31.2 Å². The van der Waals surface area contributed by atoms with Crippen LogP contribution < -0.4 is 4.74 Å². The number of ether oxygens (including phenoxy) is 2. The van der Waals surface area contributed by atoms with E-state index in [9.17, 15) is 9.18 Å². The van der Waals surface area contributed by atoms with Gasteiger partial charge in [-0.05, 0) is 86.5 Å². The summed E-state index contributed by atoms with van der Waals surface area (Å²) in [5.41, 5.74) is 4.09. The molecule has 0 N–H and O–H groups in total. The topological polar surface area (TPSA) is 56.6 Å². The van der Waals surface area contributed by atoms with Gasteiger partial charge < -0.3 is 14.4 Å². The van der Waals surface area contributed by atoms with Gasteiger partial charge in [0.05, 0.1) is 12.3 Å². The minimum absolute atomic E-state index is 0.0719. The monoisotopic (exact) mass is 563 g/mol. The normalized spacial score (nSPS) is 17.4. The Balaban J connectivity index is 1.48. The molecule has 190 valence electrons. The van der Waals surface area contributed by atoms with Crippen LogP contribution in [0.5, 0.6) is 5.75 Å². The molecule has 0 spiro atoms. The largest absolute Gasteiger partial charge is 0.494 e. The van der Waals surface area contributed by atoms with Crippen molar-refractivity contribution in [3.8, 4) is 22.7 Å². The molecule has 1 fully saturated rings. The number of nitrogens with zero attached hydrogens (tertiary/aromatic N) is 3. The van der Waals surface area contributed by atoms with Crippen LogP contribution in [0.4, 0.5) is 4.39 Å². The van der Waals surface area contributed by atoms with Gasteiger partial charge in [-0.1, -0.05) is 28.1 Å². The summed E-state index contributed by atoms with van der Waals surface area (Å²) in [6.07, 6.45) is 1.36. The quantitative estimate of drug-likeness (QED) is 0.251. The van der Waals surface area contributed by atoms with Gasteiger partial charge in [-0.3, -0.25) is 4.79 Å². The summed E-state index contributed by atoms with van der Waals surface area (Å²) in [5, 5.41) is 4.83. The average molecular weight is 564 g/mol. The molecular weight excluding hydrogens is 537 g/mol. The van der Waals surface area contributed by atoms with Crippen LogP contribution >= 0.6 is 15.9 Å². The molecule has 1 aliphatic heterocycles. The first-order valence-corrected chi connectivity index (χ1v) is 13.0. The first-order chi connectivity index (χ1) is 17.9. The Labute approximate surface area is 223 Å². The molecule has 4 aromatic rings. The van der Waals surface area contributed by atoms with Gasteiger partial charge in [0, 0.05) is 28.3 Å². The average Bonchev–Trinajstić information content (AvgIpc) is 3.46. The standard InChI is InChI=1S/C29H27BrFN3O3/c1-3-36-25-14-4-20(5-15-25)16-17-33-28(35)19(2)37-29(33)26-18-34(24-12-8-22(30)9-13-24)32-27(26)21-6-10-23(31)11-7-21/h4-15,18-19,29H,3,16-17H2,1-2H3/t19-,29+/m0/s1. The van der Waals surface area contributed by atoms with Gasteiger partial charge in [-0.15, -0.1) is 0 Å². The van der Waals surface area contributed by atoms with Crippen molar-refractivity contribution < 1.29 is 18.7 Å². The lowest BCUT2D eigenvalue weighted by atomic mass is 10.1. The molecule has 2 atom stereocenters. The van der Waals surface area contributed by atoms with E-state index in [4.69, 9.17) is 14.6 Å². The Hall–Kier alpha value is -3.49. The minimum Gasteiger partial charge on any atom is -0.494 e. The fraction of sp³-hybridized carbons (Fsp3) is 0.241. The molecule has 8 heteroatoms. The number of hydrogen-bond donors (Lipinski definition) is 0. The minimum atomic E-state index is -0.616. The molecule has 0 radical (unpaired) electrons. The molecule has 0 bridgehead atoms. The first kappa shape index (κ1) is 25.2. The summed E-state index contributed by atoms with van der Waals surface area (Å²) < 4.78 is 28.1. The number of aromatic nitrogens is 2. The van der Waals surface area contributed by atoms with Gasteiger partial charge >= 0.3 is 0 Å². The molecule has 1 aliphatic rings.